The van der Waals surface area contributed by atoms with Gasteiger partial charge in [-0.1, -0.05) is 18.2 Å². The molecule has 1 aromatic carbocycles. The van der Waals surface area contributed by atoms with Crippen molar-refractivity contribution in [3.8, 4) is 5.69 Å². The van der Waals surface area contributed by atoms with Crippen LogP contribution < -0.4 is 5.32 Å². The van der Waals surface area contributed by atoms with Gasteiger partial charge in [-0.15, -0.1) is 0 Å². The quantitative estimate of drug-likeness (QED) is 0.937. The highest BCUT2D eigenvalue weighted by Gasteiger charge is 2.17. The van der Waals surface area contributed by atoms with E-state index in [1.807, 2.05) is 13.0 Å². The molecule has 4 heteroatoms. The van der Waals surface area contributed by atoms with Crippen molar-refractivity contribution in [2.24, 2.45) is 5.92 Å². The molecule has 3 rings (SSSR count). The lowest BCUT2D eigenvalue weighted by atomic mass is 9.99. The summed E-state index contributed by atoms with van der Waals surface area (Å²) in [7, 11) is 2.21. The van der Waals surface area contributed by atoms with Gasteiger partial charge in [-0.25, -0.2) is 4.98 Å². The number of piperidine rings is 1. The summed E-state index contributed by atoms with van der Waals surface area (Å²) in [6, 6.07) is 10.4. The summed E-state index contributed by atoms with van der Waals surface area (Å²) in [6.45, 7) is 5.44. The first-order chi connectivity index (χ1) is 10.2. The number of rotatable bonds is 4. The molecule has 1 N–H and O–H groups in total. The molecule has 4 nitrogen and oxygen atoms in total. The third-order valence-electron chi connectivity index (χ3n) is 4.13. The third kappa shape index (κ3) is 3.45. The molecule has 0 aliphatic carbocycles. The Kier molecular flexibility index (Phi) is 4.25. The van der Waals surface area contributed by atoms with Crippen LogP contribution in [0.25, 0.3) is 5.69 Å². The predicted molar refractivity (Wildman–Crippen MR) is 87.0 cm³/mol. The molecule has 1 aliphatic rings. The van der Waals surface area contributed by atoms with E-state index < -0.39 is 0 Å². The molecule has 112 valence electrons. The van der Waals surface area contributed by atoms with Crippen molar-refractivity contribution in [2.45, 2.75) is 19.8 Å². The summed E-state index contributed by atoms with van der Waals surface area (Å²) in [4.78, 5) is 7.05. The molecule has 1 unspecified atom stereocenters. The zero-order valence-electron chi connectivity index (χ0n) is 12.9. The van der Waals surface area contributed by atoms with Crippen molar-refractivity contribution < 1.29 is 0 Å². The maximum atomic E-state index is 4.63. The molecule has 21 heavy (non-hydrogen) atoms. The molecule has 2 aromatic rings. The van der Waals surface area contributed by atoms with Crippen molar-refractivity contribution >= 4 is 5.95 Å². The number of likely N-dealkylation sites (tertiary alicyclic amines) is 1. The topological polar surface area (TPSA) is 33.1 Å². The van der Waals surface area contributed by atoms with Gasteiger partial charge in [0.15, 0.2) is 0 Å². The number of aromatic nitrogens is 2. The van der Waals surface area contributed by atoms with Gasteiger partial charge in [0.1, 0.15) is 0 Å². The van der Waals surface area contributed by atoms with Crippen LogP contribution in [0.1, 0.15) is 18.5 Å². The van der Waals surface area contributed by atoms with Gasteiger partial charge in [0.05, 0.1) is 5.69 Å². The zero-order valence-corrected chi connectivity index (χ0v) is 12.9. The molecular formula is C17H24N4. The van der Waals surface area contributed by atoms with Crippen molar-refractivity contribution in [1.29, 1.82) is 0 Å². The summed E-state index contributed by atoms with van der Waals surface area (Å²) >= 11 is 0. The van der Waals surface area contributed by atoms with Crippen LogP contribution in [-0.4, -0.2) is 41.1 Å². The van der Waals surface area contributed by atoms with E-state index in [9.17, 15) is 0 Å². The van der Waals surface area contributed by atoms with Gasteiger partial charge in [-0.3, -0.25) is 4.57 Å². The summed E-state index contributed by atoms with van der Waals surface area (Å²) in [6.07, 6.45) is 4.70. The molecule has 0 bridgehead atoms. The minimum Gasteiger partial charge on any atom is -0.355 e. The number of hydrogen-bond donors (Lipinski definition) is 1. The second kappa shape index (κ2) is 6.31. The number of aryl methyl sites for hydroxylation is 1. The number of imidazole rings is 1. The lowest BCUT2D eigenvalue weighted by Gasteiger charge is -2.29. The average molecular weight is 284 g/mol. The second-order valence-electron chi connectivity index (χ2n) is 6.06. The van der Waals surface area contributed by atoms with Crippen LogP contribution in [0.5, 0.6) is 0 Å². The van der Waals surface area contributed by atoms with E-state index in [0.29, 0.717) is 5.92 Å². The third-order valence-corrected chi connectivity index (χ3v) is 4.13. The van der Waals surface area contributed by atoms with Gasteiger partial charge in [0.2, 0.25) is 5.95 Å². The fourth-order valence-electron chi connectivity index (χ4n) is 3.08. The van der Waals surface area contributed by atoms with Gasteiger partial charge < -0.3 is 10.2 Å². The van der Waals surface area contributed by atoms with Gasteiger partial charge in [-0.05, 0) is 51.4 Å². The number of nitrogens with one attached hydrogen (secondary N) is 1. The number of anilines is 1. The Morgan fingerprint density at radius 3 is 2.86 bits per heavy atom. The highest BCUT2D eigenvalue weighted by Crippen LogP contribution is 2.19. The predicted octanol–water partition coefficient (Wildman–Crippen LogP) is 2.93. The Hall–Kier alpha value is -1.81. The molecular weight excluding hydrogens is 260 g/mol. The largest absolute Gasteiger partial charge is 0.355 e. The maximum absolute atomic E-state index is 4.63. The van der Waals surface area contributed by atoms with Crippen LogP contribution in [0.3, 0.4) is 0 Å². The molecule has 1 aliphatic heterocycles. The first kappa shape index (κ1) is 14.1. The number of para-hydroxylation sites is 1. The van der Waals surface area contributed by atoms with Crippen LogP contribution >= 0.6 is 0 Å². The average Bonchev–Trinajstić information content (AvgIpc) is 2.87. The van der Waals surface area contributed by atoms with Crippen molar-refractivity contribution in [1.82, 2.24) is 14.5 Å². The summed E-state index contributed by atoms with van der Waals surface area (Å²) in [5, 5.41) is 3.55. The van der Waals surface area contributed by atoms with Crippen LogP contribution in [-0.2, 0) is 0 Å². The Morgan fingerprint density at radius 2 is 2.10 bits per heavy atom. The Morgan fingerprint density at radius 1 is 1.29 bits per heavy atom. The smallest absolute Gasteiger partial charge is 0.207 e. The fraction of sp³-hybridized carbons (Fsp3) is 0.471. The lowest BCUT2D eigenvalue weighted by Crippen LogP contribution is -2.35. The normalized spacial score (nSPS) is 19.6. The Bertz CT molecular complexity index is 576. The minimum absolute atomic E-state index is 0.713. The summed E-state index contributed by atoms with van der Waals surface area (Å²) in [5.41, 5.74) is 2.20. The van der Waals surface area contributed by atoms with E-state index >= 15 is 0 Å². The van der Waals surface area contributed by atoms with Gasteiger partial charge >= 0.3 is 0 Å². The van der Waals surface area contributed by atoms with Crippen molar-refractivity contribution in [3.63, 3.8) is 0 Å². The van der Waals surface area contributed by atoms with Gasteiger partial charge in [-0.2, -0.15) is 0 Å². The molecule has 1 aromatic heterocycles. The first-order valence-corrected chi connectivity index (χ1v) is 7.76. The van der Waals surface area contributed by atoms with Crippen LogP contribution in [0.15, 0.2) is 36.5 Å². The molecule has 0 saturated carbocycles. The van der Waals surface area contributed by atoms with Gasteiger partial charge in [0, 0.05) is 25.0 Å². The van der Waals surface area contributed by atoms with E-state index in [1.165, 1.54) is 25.9 Å². The zero-order chi connectivity index (χ0) is 14.7. The van der Waals surface area contributed by atoms with E-state index in [4.69, 9.17) is 0 Å². The SMILES string of the molecule is Cc1cn(-c2ccccc2)c(NCC2CCCN(C)C2)n1. The Balaban J connectivity index is 1.71. The lowest BCUT2D eigenvalue weighted by molar-refractivity contribution is 0.217. The van der Waals surface area contributed by atoms with E-state index in [-0.39, 0.29) is 0 Å². The summed E-state index contributed by atoms with van der Waals surface area (Å²) in [5.74, 6) is 1.66. The van der Waals surface area contributed by atoms with E-state index in [1.54, 1.807) is 0 Å². The summed E-state index contributed by atoms with van der Waals surface area (Å²) < 4.78 is 2.14. The molecule has 1 fully saturated rings. The first-order valence-electron chi connectivity index (χ1n) is 7.76. The highest BCUT2D eigenvalue weighted by atomic mass is 15.2. The van der Waals surface area contributed by atoms with Crippen LogP contribution in [0, 0.1) is 12.8 Å². The second-order valence-corrected chi connectivity index (χ2v) is 6.06. The van der Waals surface area contributed by atoms with Crippen molar-refractivity contribution in [3.05, 3.63) is 42.2 Å². The van der Waals surface area contributed by atoms with Crippen LogP contribution in [0.4, 0.5) is 5.95 Å². The van der Waals surface area contributed by atoms with Crippen molar-refractivity contribution in [2.75, 3.05) is 32.0 Å². The number of nitrogens with zero attached hydrogens (tertiary/aromatic N) is 3. The monoisotopic (exact) mass is 284 g/mol. The molecule has 0 radical (unpaired) electrons. The standard InChI is InChI=1S/C17H24N4/c1-14-12-21(16-8-4-3-5-9-16)17(19-14)18-11-15-7-6-10-20(2)13-15/h3-5,8-9,12,15H,6-7,10-11,13H2,1-2H3,(H,18,19). The number of hydrogen-bond acceptors (Lipinski definition) is 3. The fourth-order valence-corrected chi connectivity index (χ4v) is 3.08. The van der Waals surface area contributed by atoms with Gasteiger partial charge in [0.25, 0.3) is 0 Å². The molecule has 2 heterocycles. The highest BCUT2D eigenvalue weighted by molar-refractivity contribution is 5.42. The molecule has 0 spiro atoms. The van der Waals surface area contributed by atoms with E-state index in [0.717, 1.165) is 23.9 Å². The van der Waals surface area contributed by atoms with Crippen LogP contribution in [0.2, 0.25) is 0 Å². The molecule has 1 atom stereocenters. The minimum atomic E-state index is 0.713. The molecule has 1 saturated heterocycles. The maximum Gasteiger partial charge on any atom is 0.207 e. The van der Waals surface area contributed by atoms with E-state index in [2.05, 4.69) is 57.3 Å². The molecule has 0 amide bonds. The number of benzene rings is 1. The Labute approximate surface area is 126 Å².